The summed E-state index contributed by atoms with van der Waals surface area (Å²) in [6.07, 6.45) is 1.53. The number of thiophene rings is 1. The Kier molecular flexibility index (Phi) is 4.20. The summed E-state index contributed by atoms with van der Waals surface area (Å²) in [7, 11) is 0. The van der Waals surface area contributed by atoms with Gasteiger partial charge in [0.2, 0.25) is 5.95 Å². The highest BCUT2D eigenvalue weighted by Gasteiger charge is 2.40. The van der Waals surface area contributed by atoms with Gasteiger partial charge in [0.05, 0.1) is 34.2 Å². The number of nitrogens with zero attached hydrogens (tertiary/aromatic N) is 4. The number of H-pyrrole nitrogens is 1. The van der Waals surface area contributed by atoms with E-state index < -0.39 is 11.2 Å². The molecule has 3 aromatic rings. The number of rotatable bonds is 2. The van der Waals surface area contributed by atoms with E-state index in [9.17, 15) is 9.59 Å². The van der Waals surface area contributed by atoms with E-state index in [4.69, 9.17) is 4.74 Å². The quantitative estimate of drug-likeness (QED) is 0.712. The van der Waals surface area contributed by atoms with E-state index in [0.717, 1.165) is 0 Å². The zero-order chi connectivity index (χ0) is 20.3. The Bertz CT molecular complexity index is 1110. The van der Waals surface area contributed by atoms with Crippen LogP contribution in [-0.4, -0.2) is 54.8 Å². The Hall–Kier alpha value is -2.52. The molecule has 1 amide bonds. The van der Waals surface area contributed by atoms with E-state index in [-0.39, 0.29) is 11.5 Å². The Morgan fingerprint density at radius 1 is 1.25 bits per heavy atom. The minimum atomic E-state index is -0.432. The van der Waals surface area contributed by atoms with Gasteiger partial charge < -0.3 is 9.64 Å². The molecule has 8 nitrogen and oxygen atoms in total. The van der Waals surface area contributed by atoms with Gasteiger partial charge in [-0.3, -0.25) is 14.6 Å². The van der Waals surface area contributed by atoms with Gasteiger partial charge >= 0.3 is 0 Å². The van der Waals surface area contributed by atoms with Gasteiger partial charge in [-0.05, 0) is 46.1 Å². The monoisotopic (exact) mass is 401 g/mol. The highest BCUT2D eigenvalue weighted by Crippen LogP contribution is 2.29. The molecule has 0 unspecified atom stereocenters. The van der Waals surface area contributed by atoms with Gasteiger partial charge in [-0.1, -0.05) is 0 Å². The van der Waals surface area contributed by atoms with Crippen LogP contribution in [0.3, 0.4) is 0 Å². The molecule has 0 saturated carbocycles. The highest BCUT2D eigenvalue weighted by molar-refractivity contribution is 7.17. The lowest BCUT2D eigenvalue weighted by Crippen LogP contribution is -2.58. The normalized spacial score (nSPS) is 18.5. The lowest BCUT2D eigenvalue weighted by Gasteiger charge is -2.47. The van der Waals surface area contributed by atoms with Crippen LogP contribution >= 0.6 is 11.3 Å². The van der Waals surface area contributed by atoms with Crippen LogP contribution in [0.4, 0.5) is 0 Å². The summed E-state index contributed by atoms with van der Waals surface area (Å²) in [6.45, 7) is 10.7. The number of nitrogens with one attached hydrogen (secondary N) is 1. The number of ether oxygens (including phenoxy) is 1. The second kappa shape index (κ2) is 6.25. The minimum Gasteiger partial charge on any atom is -0.366 e. The first-order chi connectivity index (χ1) is 13.1. The minimum absolute atomic E-state index is 0.104. The molecular weight excluding hydrogens is 378 g/mol. The Labute approximate surface area is 166 Å². The maximum Gasteiger partial charge on any atom is 0.270 e. The van der Waals surface area contributed by atoms with Crippen LogP contribution in [0.2, 0.25) is 0 Å². The molecule has 1 fully saturated rings. The highest BCUT2D eigenvalue weighted by atomic mass is 32.1. The Morgan fingerprint density at radius 3 is 2.61 bits per heavy atom. The smallest absolute Gasteiger partial charge is 0.270 e. The third-order valence-electron chi connectivity index (χ3n) is 4.73. The standard InChI is InChI=1S/C19H23N5O3S/c1-11-12(16(26)23-9-18(2,3)27-19(4,5)10-23)8-20-24(11)17-21-13-6-7-28-14(13)15(25)22-17/h6-8H,9-10H2,1-5H3,(H,21,22,25). The van der Waals surface area contributed by atoms with Crippen molar-refractivity contribution < 1.29 is 9.53 Å². The van der Waals surface area contributed by atoms with Crippen LogP contribution in [-0.2, 0) is 4.74 Å². The van der Waals surface area contributed by atoms with Gasteiger partial charge in [0.15, 0.2) is 0 Å². The maximum absolute atomic E-state index is 13.2. The third-order valence-corrected chi connectivity index (χ3v) is 5.63. The van der Waals surface area contributed by atoms with Crippen molar-refractivity contribution in [2.45, 2.75) is 45.8 Å². The predicted octanol–water partition coefficient (Wildman–Crippen LogP) is 2.51. The van der Waals surface area contributed by atoms with Gasteiger partial charge in [-0.2, -0.15) is 5.10 Å². The molecule has 0 aliphatic carbocycles. The number of hydrogen-bond donors (Lipinski definition) is 1. The molecule has 0 aromatic carbocycles. The van der Waals surface area contributed by atoms with Gasteiger partial charge in [0.25, 0.3) is 11.5 Å². The summed E-state index contributed by atoms with van der Waals surface area (Å²) in [6, 6.07) is 1.79. The number of amides is 1. The zero-order valence-electron chi connectivity index (χ0n) is 16.6. The number of fused-ring (bicyclic) bond motifs is 1. The fourth-order valence-corrected chi connectivity index (χ4v) is 4.62. The summed E-state index contributed by atoms with van der Waals surface area (Å²) >= 11 is 1.34. The van der Waals surface area contributed by atoms with Crippen LogP contribution in [0.5, 0.6) is 0 Å². The van der Waals surface area contributed by atoms with Crippen molar-refractivity contribution >= 4 is 27.5 Å². The van der Waals surface area contributed by atoms with Crippen molar-refractivity contribution in [3.8, 4) is 5.95 Å². The van der Waals surface area contributed by atoms with Crippen molar-refractivity contribution in [1.82, 2.24) is 24.6 Å². The van der Waals surface area contributed by atoms with E-state index in [1.807, 2.05) is 33.1 Å². The lowest BCUT2D eigenvalue weighted by atomic mass is 9.98. The van der Waals surface area contributed by atoms with E-state index in [0.29, 0.717) is 40.5 Å². The van der Waals surface area contributed by atoms with Gasteiger partial charge in [0.1, 0.15) is 4.70 Å². The fourth-order valence-electron chi connectivity index (χ4n) is 3.90. The molecule has 0 atom stereocenters. The first-order valence-corrected chi connectivity index (χ1v) is 9.96. The van der Waals surface area contributed by atoms with Gasteiger partial charge in [-0.25, -0.2) is 9.67 Å². The van der Waals surface area contributed by atoms with Gasteiger partial charge in [0, 0.05) is 13.1 Å². The topological polar surface area (TPSA) is 93.1 Å². The summed E-state index contributed by atoms with van der Waals surface area (Å²) in [5.41, 5.74) is 0.653. The van der Waals surface area contributed by atoms with E-state index in [1.165, 1.54) is 22.2 Å². The second-order valence-electron chi connectivity index (χ2n) is 8.36. The first kappa shape index (κ1) is 18.8. The predicted molar refractivity (Wildman–Crippen MR) is 107 cm³/mol. The van der Waals surface area contributed by atoms with Gasteiger partial charge in [-0.15, -0.1) is 11.3 Å². The molecule has 1 saturated heterocycles. The van der Waals surface area contributed by atoms with Crippen molar-refractivity contribution in [3.63, 3.8) is 0 Å². The van der Waals surface area contributed by atoms with Crippen molar-refractivity contribution in [3.05, 3.63) is 39.3 Å². The number of aromatic amines is 1. The number of carbonyl (C=O) groups is 1. The molecule has 1 aliphatic rings. The molecule has 4 heterocycles. The first-order valence-electron chi connectivity index (χ1n) is 9.08. The van der Waals surface area contributed by atoms with E-state index in [1.54, 1.807) is 17.9 Å². The molecule has 1 N–H and O–H groups in total. The van der Waals surface area contributed by atoms with Crippen LogP contribution in [0.25, 0.3) is 16.2 Å². The molecule has 0 spiro atoms. The second-order valence-corrected chi connectivity index (χ2v) is 9.28. The zero-order valence-corrected chi connectivity index (χ0v) is 17.4. The van der Waals surface area contributed by atoms with Crippen LogP contribution in [0.1, 0.15) is 43.7 Å². The summed E-state index contributed by atoms with van der Waals surface area (Å²) in [5.74, 6) is 0.197. The maximum atomic E-state index is 13.2. The summed E-state index contributed by atoms with van der Waals surface area (Å²) < 4.78 is 8.14. The Balaban J connectivity index is 1.70. The average Bonchev–Trinajstić information content (AvgIpc) is 3.18. The molecule has 0 radical (unpaired) electrons. The molecule has 1 aliphatic heterocycles. The molecular formula is C19H23N5O3S. The fraction of sp³-hybridized carbons (Fsp3) is 0.474. The molecule has 28 heavy (non-hydrogen) atoms. The number of hydrogen-bond acceptors (Lipinski definition) is 6. The number of carbonyl (C=O) groups excluding carboxylic acids is 1. The van der Waals surface area contributed by atoms with Crippen LogP contribution < -0.4 is 5.56 Å². The van der Waals surface area contributed by atoms with E-state index in [2.05, 4.69) is 15.1 Å². The largest absolute Gasteiger partial charge is 0.366 e. The molecule has 148 valence electrons. The Morgan fingerprint density at radius 2 is 1.93 bits per heavy atom. The van der Waals surface area contributed by atoms with Crippen molar-refractivity contribution in [2.75, 3.05) is 13.1 Å². The SMILES string of the molecule is Cc1c(C(=O)N2CC(C)(C)OC(C)(C)C2)cnn1-c1nc2ccsc2c(=O)[nH]1. The molecule has 4 rings (SSSR count). The number of morpholine rings is 1. The summed E-state index contributed by atoms with van der Waals surface area (Å²) in [4.78, 5) is 34.5. The number of aromatic nitrogens is 4. The molecule has 9 heteroatoms. The third kappa shape index (κ3) is 3.24. The molecule has 3 aromatic heterocycles. The van der Waals surface area contributed by atoms with Crippen molar-refractivity contribution in [1.29, 1.82) is 0 Å². The summed E-state index contributed by atoms with van der Waals surface area (Å²) in [5, 5.41) is 6.14. The van der Waals surface area contributed by atoms with Crippen LogP contribution in [0, 0.1) is 6.92 Å². The van der Waals surface area contributed by atoms with E-state index >= 15 is 0 Å². The average molecular weight is 401 g/mol. The van der Waals surface area contributed by atoms with Crippen molar-refractivity contribution in [2.24, 2.45) is 0 Å². The lowest BCUT2D eigenvalue weighted by molar-refractivity contribution is -0.171. The molecule has 0 bridgehead atoms. The van der Waals surface area contributed by atoms with Crippen LogP contribution in [0.15, 0.2) is 22.4 Å².